The number of rotatable bonds is 0. The lowest BCUT2D eigenvalue weighted by atomic mass is 9.80. The van der Waals surface area contributed by atoms with E-state index in [-0.39, 0.29) is 0 Å². The molecule has 0 heteroatoms. The van der Waals surface area contributed by atoms with Gasteiger partial charge in [0, 0.05) is 0 Å². The average molecular weight is 204 g/mol. The van der Waals surface area contributed by atoms with E-state index in [1.807, 2.05) is 5.57 Å². The first-order chi connectivity index (χ1) is 7.03. The zero-order chi connectivity index (χ0) is 10.8. The van der Waals surface area contributed by atoms with E-state index in [2.05, 4.69) is 33.8 Å². The third-order valence-corrected chi connectivity index (χ3v) is 5.73. The molecular weight excluding hydrogens is 180 g/mol. The molecule has 0 nitrogen and oxygen atoms in total. The van der Waals surface area contributed by atoms with E-state index in [0.29, 0.717) is 5.41 Å². The van der Waals surface area contributed by atoms with E-state index in [1.165, 1.54) is 19.3 Å². The van der Waals surface area contributed by atoms with Crippen LogP contribution < -0.4 is 0 Å². The monoisotopic (exact) mass is 204 g/mol. The lowest BCUT2D eigenvalue weighted by Gasteiger charge is -2.24. The first kappa shape index (κ1) is 9.93. The Balaban J connectivity index is 1.95. The highest BCUT2D eigenvalue weighted by molar-refractivity contribution is 5.27. The Bertz CT molecular complexity index is 310. The molecule has 0 radical (unpaired) electrons. The predicted octanol–water partition coefficient (Wildman–Crippen LogP) is 4.27. The molecule has 0 aromatic heterocycles. The Hall–Kier alpha value is -0.260. The van der Waals surface area contributed by atoms with Gasteiger partial charge in [0.25, 0.3) is 0 Å². The van der Waals surface area contributed by atoms with Crippen LogP contribution in [-0.4, -0.2) is 0 Å². The summed E-state index contributed by atoms with van der Waals surface area (Å²) in [6, 6.07) is 0. The smallest absolute Gasteiger partial charge is 0.0135 e. The Morgan fingerprint density at radius 2 is 1.93 bits per heavy atom. The summed E-state index contributed by atoms with van der Waals surface area (Å²) in [6.45, 7) is 9.92. The van der Waals surface area contributed by atoms with Crippen molar-refractivity contribution in [2.75, 3.05) is 0 Å². The van der Waals surface area contributed by atoms with Crippen molar-refractivity contribution in [1.82, 2.24) is 0 Å². The normalized spacial score (nSPS) is 51.5. The fourth-order valence-electron chi connectivity index (χ4n) is 4.67. The molecule has 0 heterocycles. The standard InChI is InChI=1S/C15H24/c1-9-6-8-12-14(15(12,3)4)13-10(2)5-7-11(9)13/h7,9-10,12-14H,5-6,8H2,1-4H3/t9-,10-,12-,13-,14?/m1/s1. The maximum absolute atomic E-state index is 2.58. The van der Waals surface area contributed by atoms with Gasteiger partial charge in [0.05, 0.1) is 0 Å². The molecule has 0 aromatic carbocycles. The molecule has 2 fully saturated rings. The zero-order valence-corrected chi connectivity index (χ0v) is 10.6. The van der Waals surface area contributed by atoms with Gasteiger partial charge in [-0.15, -0.1) is 0 Å². The van der Waals surface area contributed by atoms with Gasteiger partial charge in [-0.05, 0) is 54.3 Å². The van der Waals surface area contributed by atoms with Gasteiger partial charge in [0.1, 0.15) is 0 Å². The second-order valence-electron chi connectivity index (χ2n) is 6.87. The fourth-order valence-corrected chi connectivity index (χ4v) is 4.67. The van der Waals surface area contributed by atoms with Crippen LogP contribution in [0.2, 0.25) is 0 Å². The van der Waals surface area contributed by atoms with E-state index < -0.39 is 0 Å². The third-order valence-electron chi connectivity index (χ3n) is 5.73. The van der Waals surface area contributed by atoms with Crippen LogP contribution in [0.1, 0.15) is 47.0 Å². The summed E-state index contributed by atoms with van der Waals surface area (Å²) in [5.41, 5.74) is 2.49. The van der Waals surface area contributed by atoms with Crippen LogP contribution in [0.5, 0.6) is 0 Å². The molecule has 0 amide bonds. The van der Waals surface area contributed by atoms with Gasteiger partial charge in [-0.3, -0.25) is 0 Å². The van der Waals surface area contributed by atoms with Crippen LogP contribution in [0, 0.1) is 35.0 Å². The van der Waals surface area contributed by atoms with Crippen molar-refractivity contribution in [3.05, 3.63) is 11.6 Å². The molecular formula is C15H24. The summed E-state index contributed by atoms with van der Waals surface area (Å²) in [4.78, 5) is 0. The minimum Gasteiger partial charge on any atom is -0.0845 e. The van der Waals surface area contributed by atoms with Crippen LogP contribution >= 0.6 is 0 Å². The molecule has 15 heavy (non-hydrogen) atoms. The molecule has 0 aromatic rings. The quantitative estimate of drug-likeness (QED) is 0.517. The van der Waals surface area contributed by atoms with Crippen LogP contribution in [0.15, 0.2) is 11.6 Å². The van der Waals surface area contributed by atoms with E-state index in [1.54, 1.807) is 0 Å². The molecule has 3 aliphatic rings. The molecule has 0 N–H and O–H groups in total. The second kappa shape index (κ2) is 2.90. The predicted molar refractivity (Wildman–Crippen MR) is 64.5 cm³/mol. The Morgan fingerprint density at radius 3 is 2.67 bits per heavy atom. The minimum atomic E-state index is 0.655. The molecule has 0 bridgehead atoms. The van der Waals surface area contributed by atoms with Crippen LogP contribution in [0.4, 0.5) is 0 Å². The van der Waals surface area contributed by atoms with Crippen molar-refractivity contribution in [3.8, 4) is 0 Å². The Labute approximate surface area is 94.1 Å². The number of hydrogen-bond donors (Lipinski definition) is 0. The summed E-state index contributed by atoms with van der Waals surface area (Å²) < 4.78 is 0. The van der Waals surface area contributed by atoms with Crippen molar-refractivity contribution >= 4 is 0 Å². The van der Waals surface area contributed by atoms with Crippen LogP contribution in [0.3, 0.4) is 0 Å². The van der Waals surface area contributed by atoms with Crippen molar-refractivity contribution in [2.24, 2.45) is 35.0 Å². The van der Waals surface area contributed by atoms with Gasteiger partial charge in [-0.1, -0.05) is 39.3 Å². The highest BCUT2D eigenvalue weighted by atomic mass is 14.7. The molecule has 0 saturated heterocycles. The highest BCUT2D eigenvalue weighted by Crippen LogP contribution is 2.69. The molecule has 3 rings (SSSR count). The van der Waals surface area contributed by atoms with Gasteiger partial charge >= 0.3 is 0 Å². The highest BCUT2D eigenvalue weighted by Gasteiger charge is 2.63. The van der Waals surface area contributed by atoms with Crippen molar-refractivity contribution in [3.63, 3.8) is 0 Å². The molecule has 5 atom stereocenters. The molecule has 84 valence electrons. The lowest BCUT2D eigenvalue weighted by molar-refractivity contribution is 0.335. The first-order valence-corrected chi connectivity index (χ1v) is 6.73. The van der Waals surface area contributed by atoms with Crippen LogP contribution in [0.25, 0.3) is 0 Å². The third kappa shape index (κ3) is 1.20. The minimum absolute atomic E-state index is 0.655. The van der Waals surface area contributed by atoms with E-state index in [4.69, 9.17) is 0 Å². The summed E-state index contributed by atoms with van der Waals surface area (Å²) in [5.74, 6) is 4.81. The zero-order valence-electron chi connectivity index (χ0n) is 10.6. The molecule has 2 saturated carbocycles. The van der Waals surface area contributed by atoms with Gasteiger partial charge in [-0.25, -0.2) is 0 Å². The Morgan fingerprint density at radius 1 is 1.20 bits per heavy atom. The summed E-state index contributed by atoms with van der Waals surface area (Å²) in [5, 5.41) is 0. The van der Waals surface area contributed by atoms with Crippen molar-refractivity contribution in [2.45, 2.75) is 47.0 Å². The summed E-state index contributed by atoms with van der Waals surface area (Å²) in [7, 11) is 0. The molecule has 3 aliphatic carbocycles. The average Bonchev–Trinajstić information content (AvgIpc) is 2.55. The first-order valence-electron chi connectivity index (χ1n) is 6.73. The summed E-state index contributed by atoms with van der Waals surface area (Å²) >= 11 is 0. The van der Waals surface area contributed by atoms with Gasteiger partial charge in [0.15, 0.2) is 0 Å². The number of fused-ring (bicyclic) bond motifs is 3. The van der Waals surface area contributed by atoms with E-state index >= 15 is 0 Å². The largest absolute Gasteiger partial charge is 0.0845 e. The van der Waals surface area contributed by atoms with E-state index in [0.717, 1.165) is 29.6 Å². The molecule has 1 unspecified atom stereocenters. The SMILES string of the molecule is C[C@@H]1CC[C@@H]2C([C@H]3C1=CC[C@H]3C)C2(C)C. The molecule has 0 aliphatic heterocycles. The van der Waals surface area contributed by atoms with Gasteiger partial charge in [0.2, 0.25) is 0 Å². The van der Waals surface area contributed by atoms with Crippen LogP contribution in [-0.2, 0) is 0 Å². The summed E-state index contributed by atoms with van der Waals surface area (Å²) in [6.07, 6.45) is 6.86. The van der Waals surface area contributed by atoms with Gasteiger partial charge in [-0.2, -0.15) is 0 Å². The van der Waals surface area contributed by atoms with Gasteiger partial charge < -0.3 is 0 Å². The van der Waals surface area contributed by atoms with E-state index in [9.17, 15) is 0 Å². The molecule has 0 spiro atoms. The van der Waals surface area contributed by atoms with Crippen molar-refractivity contribution < 1.29 is 0 Å². The second-order valence-corrected chi connectivity index (χ2v) is 6.87. The topological polar surface area (TPSA) is 0 Å². The lowest BCUT2D eigenvalue weighted by Crippen LogP contribution is -2.17. The number of allylic oxidation sites excluding steroid dienone is 2. The Kier molecular flexibility index (Phi) is 1.92. The maximum Gasteiger partial charge on any atom is -0.0135 e. The number of hydrogen-bond acceptors (Lipinski definition) is 0. The fraction of sp³-hybridized carbons (Fsp3) is 0.867. The maximum atomic E-state index is 2.58. The van der Waals surface area contributed by atoms with Crippen molar-refractivity contribution in [1.29, 1.82) is 0 Å².